The second kappa shape index (κ2) is 7.59. The van der Waals surface area contributed by atoms with Crippen molar-refractivity contribution in [1.29, 1.82) is 0 Å². The van der Waals surface area contributed by atoms with Gasteiger partial charge in [-0.3, -0.25) is 4.79 Å². The number of aromatic nitrogens is 1. The first-order chi connectivity index (χ1) is 10.6. The van der Waals surface area contributed by atoms with Crippen LogP contribution in [0.2, 0.25) is 0 Å². The Morgan fingerprint density at radius 2 is 1.77 bits per heavy atom. The maximum atomic E-state index is 12.0. The van der Waals surface area contributed by atoms with Crippen molar-refractivity contribution in [2.75, 3.05) is 23.3 Å². The van der Waals surface area contributed by atoms with Crippen LogP contribution in [0.4, 0.5) is 11.5 Å². The molecule has 1 N–H and O–H groups in total. The van der Waals surface area contributed by atoms with E-state index >= 15 is 0 Å². The monoisotopic (exact) mass is 297 g/mol. The molecule has 0 saturated carbocycles. The number of nitrogens with zero attached hydrogens (tertiary/aromatic N) is 2. The largest absolute Gasteiger partial charge is 0.371 e. The SMILES string of the molecule is CCN(CC)c1ccc(NC(=O)Cc2ccc(C)cc2)nc1. The van der Waals surface area contributed by atoms with E-state index in [4.69, 9.17) is 0 Å². The van der Waals surface area contributed by atoms with Gasteiger partial charge in [-0.2, -0.15) is 0 Å². The molecule has 0 aliphatic heterocycles. The molecule has 0 aliphatic rings. The van der Waals surface area contributed by atoms with E-state index in [2.05, 4.69) is 29.0 Å². The smallest absolute Gasteiger partial charge is 0.229 e. The molecule has 0 fully saturated rings. The molecule has 1 aromatic carbocycles. The third kappa shape index (κ3) is 4.32. The number of nitrogens with one attached hydrogen (secondary N) is 1. The summed E-state index contributed by atoms with van der Waals surface area (Å²) in [7, 11) is 0. The molecule has 1 amide bonds. The minimum absolute atomic E-state index is 0.0491. The van der Waals surface area contributed by atoms with E-state index in [-0.39, 0.29) is 5.91 Å². The topological polar surface area (TPSA) is 45.2 Å². The highest BCUT2D eigenvalue weighted by molar-refractivity contribution is 5.91. The molecule has 2 aromatic rings. The van der Waals surface area contributed by atoms with Crippen molar-refractivity contribution >= 4 is 17.4 Å². The van der Waals surface area contributed by atoms with Crippen LogP contribution >= 0.6 is 0 Å². The highest BCUT2D eigenvalue weighted by Gasteiger charge is 2.06. The van der Waals surface area contributed by atoms with Gasteiger partial charge in [-0.1, -0.05) is 29.8 Å². The van der Waals surface area contributed by atoms with Gasteiger partial charge in [-0.15, -0.1) is 0 Å². The van der Waals surface area contributed by atoms with Crippen molar-refractivity contribution in [2.45, 2.75) is 27.2 Å². The summed E-state index contributed by atoms with van der Waals surface area (Å²) in [6.45, 7) is 8.14. The minimum atomic E-state index is -0.0491. The van der Waals surface area contributed by atoms with Gasteiger partial charge >= 0.3 is 0 Å². The van der Waals surface area contributed by atoms with Gasteiger partial charge in [-0.25, -0.2) is 4.98 Å². The molecular weight excluding hydrogens is 274 g/mol. The lowest BCUT2D eigenvalue weighted by Crippen LogP contribution is -2.22. The molecule has 0 bridgehead atoms. The summed E-state index contributed by atoms with van der Waals surface area (Å²) in [6.07, 6.45) is 2.16. The lowest BCUT2D eigenvalue weighted by Gasteiger charge is -2.20. The van der Waals surface area contributed by atoms with Crippen molar-refractivity contribution in [3.8, 4) is 0 Å². The average molecular weight is 297 g/mol. The van der Waals surface area contributed by atoms with Crippen LogP contribution in [0.5, 0.6) is 0 Å². The normalized spacial score (nSPS) is 10.3. The van der Waals surface area contributed by atoms with E-state index in [1.807, 2.05) is 43.3 Å². The molecule has 22 heavy (non-hydrogen) atoms. The standard InChI is InChI=1S/C18H23N3O/c1-4-21(5-2)16-10-11-17(19-13-16)20-18(22)12-15-8-6-14(3)7-9-15/h6-11,13H,4-5,12H2,1-3H3,(H,19,20,22). The van der Waals surface area contributed by atoms with E-state index in [9.17, 15) is 4.79 Å². The van der Waals surface area contributed by atoms with Gasteiger partial charge in [0.25, 0.3) is 0 Å². The first-order valence-electron chi connectivity index (χ1n) is 7.68. The van der Waals surface area contributed by atoms with E-state index in [1.165, 1.54) is 5.56 Å². The van der Waals surface area contributed by atoms with Gasteiger partial charge in [0.1, 0.15) is 5.82 Å². The number of aryl methyl sites for hydroxylation is 1. The summed E-state index contributed by atoms with van der Waals surface area (Å²) in [5.74, 6) is 0.542. The highest BCUT2D eigenvalue weighted by Crippen LogP contribution is 2.15. The van der Waals surface area contributed by atoms with Crippen LogP contribution in [0.15, 0.2) is 42.6 Å². The Morgan fingerprint density at radius 1 is 1.09 bits per heavy atom. The number of anilines is 2. The molecule has 4 heteroatoms. The fraction of sp³-hybridized carbons (Fsp3) is 0.333. The zero-order valence-corrected chi connectivity index (χ0v) is 13.5. The zero-order chi connectivity index (χ0) is 15.9. The van der Waals surface area contributed by atoms with Crippen LogP contribution in [-0.4, -0.2) is 24.0 Å². The highest BCUT2D eigenvalue weighted by atomic mass is 16.1. The van der Waals surface area contributed by atoms with Crippen molar-refractivity contribution in [2.24, 2.45) is 0 Å². The van der Waals surface area contributed by atoms with Crippen molar-refractivity contribution < 1.29 is 4.79 Å². The predicted octanol–water partition coefficient (Wildman–Crippen LogP) is 3.42. The maximum Gasteiger partial charge on any atom is 0.229 e. The van der Waals surface area contributed by atoms with Crippen molar-refractivity contribution in [3.63, 3.8) is 0 Å². The van der Waals surface area contributed by atoms with E-state index in [1.54, 1.807) is 6.20 Å². The van der Waals surface area contributed by atoms with E-state index in [0.717, 1.165) is 24.3 Å². The first kappa shape index (κ1) is 16.0. The Morgan fingerprint density at radius 3 is 2.32 bits per heavy atom. The number of hydrogen-bond acceptors (Lipinski definition) is 3. The van der Waals surface area contributed by atoms with E-state index < -0.39 is 0 Å². The summed E-state index contributed by atoms with van der Waals surface area (Å²) in [6, 6.07) is 11.8. The number of pyridine rings is 1. The Labute approximate surface area is 132 Å². The average Bonchev–Trinajstić information content (AvgIpc) is 2.52. The minimum Gasteiger partial charge on any atom is -0.371 e. The second-order valence-corrected chi connectivity index (χ2v) is 5.28. The maximum absolute atomic E-state index is 12.0. The quantitative estimate of drug-likeness (QED) is 0.888. The number of amides is 1. The van der Waals surface area contributed by atoms with Gasteiger partial charge in [0, 0.05) is 13.1 Å². The van der Waals surface area contributed by atoms with Crippen LogP contribution in [0, 0.1) is 6.92 Å². The Bertz CT molecular complexity index is 601. The molecule has 116 valence electrons. The van der Waals surface area contributed by atoms with Gasteiger partial charge in [0.2, 0.25) is 5.91 Å². The molecule has 0 aliphatic carbocycles. The molecular formula is C18H23N3O. The Hall–Kier alpha value is -2.36. The summed E-state index contributed by atoms with van der Waals surface area (Å²) in [4.78, 5) is 18.6. The number of hydrogen-bond donors (Lipinski definition) is 1. The molecule has 1 heterocycles. The lowest BCUT2D eigenvalue weighted by molar-refractivity contribution is -0.115. The summed E-state index contributed by atoms with van der Waals surface area (Å²) < 4.78 is 0. The fourth-order valence-corrected chi connectivity index (χ4v) is 2.31. The zero-order valence-electron chi connectivity index (χ0n) is 13.5. The van der Waals surface area contributed by atoms with Crippen molar-refractivity contribution in [3.05, 3.63) is 53.7 Å². The molecule has 0 spiro atoms. The number of rotatable bonds is 6. The van der Waals surface area contributed by atoms with Crippen LogP contribution in [0.1, 0.15) is 25.0 Å². The Kier molecular flexibility index (Phi) is 5.53. The molecule has 2 rings (SSSR count). The number of benzene rings is 1. The summed E-state index contributed by atoms with van der Waals surface area (Å²) in [5, 5.41) is 2.84. The number of carbonyl (C=O) groups is 1. The molecule has 0 atom stereocenters. The number of carbonyl (C=O) groups excluding carboxylic acids is 1. The van der Waals surface area contributed by atoms with Crippen LogP contribution in [-0.2, 0) is 11.2 Å². The van der Waals surface area contributed by atoms with Gasteiger partial charge in [0.05, 0.1) is 18.3 Å². The van der Waals surface area contributed by atoms with Gasteiger partial charge in [0.15, 0.2) is 0 Å². The Balaban J connectivity index is 1.95. The predicted molar refractivity (Wildman–Crippen MR) is 91.3 cm³/mol. The lowest BCUT2D eigenvalue weighted by atomic mass is 10.1. The molecule has 0 unspecified atom stereocenters. The summed E-state index contributed by atoms with van der Waals surface area (Å²) in [5.41, 5.74) is 3.27. The van der Waals surface area contributed by atoms with Crippen LogP contribution < -0.4 is 10.2 Å². The fourth-order valence-electron chi connectivity index (χ4n) is 2.31. The van der Waals surface area contributed by atoms with Crippen LogP contribution in [0.3, 0.4) is 0 Å². The summed E-state index contributed by atoms with van der Waals surface area (Å²) >= 11 is 0. The van der Waals surface area contributed by atoms with Crippen molar-refractivity contribution in [1.82, 2.24) is 4.98 Å². The molecule has 4 nitrogen and oxygen atoms in total. The third-order valence-electron chi connectivity index (χ3n) is 3.63. The van der Waals surface area contributed by atoms with Gasteiger partial charge in [-0.05, 0) is 38.5 Å². The molecule has 0 saturated heterocycles. The first-order valence-corrected chi connectivity index (χ1v) is 7.68. The van der Waals surface area contributed by atoms with Crippen LogP contribution in [0.25, 0.3) is 0 Å². The molecule has 1 aromatic heterocycles. The second-order valence-electron chi connectivity index (χ2n) is 5.28. The third-order valence-corrected chi connectivity index (χ3v) is 3.63. The van der Waals surface area contributed by atoms with Gasteiger partial charge < -0.3 is 10.2 Å². The molecule has 0 radical (unpaired) electrons. The van der Waals surface area contributed by atoms with E-state index in [0.29, 0.717) is 12.2 Å².